The van der Waals surface area contributed by atoms with E-state index in [-0.39, 0.29) is 12.5 Å². The molecular weight excluding hydrogens is 340 g/mol. The zero-order valence-electron chi connectivity index (χ0n) is 14.5. The molecule has 2 aromatic rings. The number of carbonyl (C=O) groups excluding carboxylic acids is 1. The molecule has 0 aromatic heterocycles. The van der Waals surface area contributed by atoms with Gasteiger partial charge in [0.2, 0.25) is 15.9 Å². The topological polar surface area (TPSA) is 66.9 Å². The first-order valence-electron chi connectivity index (χ1n) is 7.84. The summed E-state index contributed by atoms with van der Waals surface area (Å²) in [7, 11) is -2.08. The lowest BCUT2D eigenvalue weighted by atomic mass is 10.2. The molecule has 0 aliphatic carbocycles. The fraction of sp³-hybridized carbons (Fsp3) is 0.278. The van der Waals surface area contributed by atoms with E-state index in [1.807, 2.05) is 37.3 Å². The molecule has 134 valence electrons. The smallest absolute Gasteiger partial charge is 0.247 e. The SMILES string of the molecule is CCN(C(=O)CN(c1ccc(OC)cc1)S(C)(=O)=O)c1ccccc1. The van der Waals surface area contributed by atoms with Crippen molar-refractivity contribution in [3.05, 3.63) is 54.6 Å². The molecule has 0 heterocycles. The predicted molar refractivity (Wildman–Crippen MR) is 99.7 cm³/mol. The Balaban J connectivity index is 2.28. The quantitative estimate of drug-likeness (QED) is 0.759. The Morgan fingerprint density at radius 1 is 1.00 bits per heavy atom. The maximum atomic E-state index is 12.7. The summed E-state index contributed by atoms with van der Waals surface area (Å²) in [5.74, 6) is 0.318. The average Bonchev–Trinajstić information content (AvgIpc) is 2.60. The van der Waals surface area contributed by atoms with Gasteiger partial charge in [-0.15, -0.1) is 0 Å². The predicted octanol–water partition coefficient (Wildman–Crippen LogP) is 2.51. The third kappa shape index (κ3) is 4.73. The fourth-order valence-corrected chi connectivity index (χ4v) is 3.32. The fourth-order valence-electron chi connectivity index (χ4n) is 2.47. The van der Waals surface area contributed by atoms with Gasteiger partial charge >= 0.3 is 0 Å². The van der Waals surface area contributed by atoms with E-state index in [0.717, 1.165) is 16.2 Å². The minimum Gasteiger partial charge on any atom is -0.497 e. The highest BCUT2D eigenvalue weighted by Crippen LogP contribution is 2.22. The maximum absolute atomic E-state index is 12.7. The van der Waals surface area contributed by atoms with Gasteiger partial charge in [-0.3, -0.25) is 9.10 Å². The first-order chi connectivity index (χ1) is 11.9. The summed E-state index contributed by atoms with van der Waals surface area (Å²) >= 11 is 0. The monoisotopic (exact) mass is 362 g/mol. The molecule has 2 aromatic carbocycles. The Labute approximate surface area is 148 Å². The highest BCUT2D eigenvalue weighted by atomic mass is 32.2. The van der Waals surface area contributed by atoms with E-state index in [9.17, 15) is 13.2 Å². The lowest BCUT2D eigenvalue weighted by molar-refractivity contribution is -0.117. The van der Waals surface area contributed by atoms with Crippen LogP contribution in [0.1, 0.15) is 6.92 Å². The van der Waals surface area contributed by atoms with Gasteiger partial charge in [-0.05, 0) is 43.3 Å². The number of anilines is 2. The summed E-state index contributed by atoms with van der Waals surface area (Å²) in [4.78, 5) is 14.3. The Kier molecular flexibility index (Phi) is 6.03. The molecule has 0 fully saturated rings. The van der Waals surface area contributed by atoms with Crippen molar-refractivity contribution < 1.29 is 17.9 Å². The Hall–Kier alpha value is -2.54. The number of carbonyl (C=O) groups is 1. The lowest BCUT2D eigenvalue weighted by Crippen LogP contribution is -2.42. The Morgan fingerprint density at radius 3 is 2.08 bits per heavy atom. The van der Waals surface area contributed by atoms with Crippen LogP contribution in [0.5, 0.6) is 5.75 Å². The molecule has 25 heavy (non-hydrogen) atoms. The minimum absolute atomic E-state index is 0.270. The summed E-state index contributed by atoms with van der Waals surface area (Å²) in [6.45, 7) is 2.03. The minimum atomic E-state index is -3.61. The van der Waals surface area contributed by atoms with Crippen LogP contribution in [0.2, 0.25) is 0 Å². The third-order valence-corrected chi connectivity index (χ3v) is 4.87. The van der Waals surface area contributed by atoms with Crippen molar-refractivity contribution in [3.8, 4) is 5.75 Å². The van der Waals surface area contributed by atoms with Crippen LogP contribution < -0.4 is 13.9 Å². The van der Waals surface area contributed by atoms with E-state index in [1.165, 1.54) is 7.11 Å². The van der Waals surface area contributed by atoms with Gasteiger partial charge in [0.1, 0.15) is 12.3 Å². The molecule has 6 nitrogen and oxygen atoms in total. The van der Waals surface area contributed by atoms with Gasteiger partial charge in [0, 0.05) is 12.2 Å². The van der Waals surface area contributed by atoms with Crippen molar-refractivity contribution in [1.29, 1.82) is 0 Å². The molecule has 7 heteroatoms. The van der Waals surface area contributed by atoms with Crippen molar-refractivity contribution >= 4 is 27.3 Å². The highest BCUT2D eigenvalue weighted by Gasteiger charge is 2.24. The second-order valence-corrected chi connectivity index (χ2v) is 7.35. The normalized spacial score (nSPS) is 11.0. The summed E-state index contributed by atoms with van der Waals surface area (Å²) in [6, 6.07) is 15.7. The first kappa shape index (κ1) is 18.8. The molecule has 0 atom stereocenters. The van der Waals surface area contributed by atoms with Crippen LogP contribution in [0.4, 0.5) is 11.4 Å². The number of amides is 1. The van der Waals surface area contributed by atoms with E-state index in [1.54, 1.807) is 29.2 Å². The zero-order valence-corrected chi connectivity index (χ0v) is 15.4. The molecule has 0 aliphatic heterocycles. The van der Waals surface area contributed by atoms with Gasteiger partial charge in [-0.25, -0.2) is 8.42 Å². The molecule has 0 saturated heterocycles. The maximum Gasteiger partial charge on any atom is 0.247 e. The van der Waals surface area contributed by atoms with Gasteiger partial charge in [0.15, 0.2) is 0 Å². The van der Waals surface area contributed by atoms with Gasteiger partial charge in [0.05, 0.1) is 19.1 Å². The molecule has 2 rings (SSSR count). The number of para-hydroxylation sites is 1. The van der Waals surface area contributed by atoms with Gasteiger partial charge in [-0.1, -0.05) is 18.2 Å². The number of hydrogen-bond donors (Lipinski definition) is 0. The standard InChI is InChI=1S/C18H22N2O4S/c1-4-19(15-8-6-5-7-9-15)18(21)14-20(25(3,22)23)16-10-12-17(24-2)13-11-16/h5-13H,4,14H2,1-3H3. The number of rotatable bonds is 7. The van der Waals surface area contributed by atoms with E-state index in [0.29, 0.717) is 18.0 Å². The highest BCUT2D eigenvalue weighted by molar-refractivity contribution is 7.92. The van der Waals surface area contributed by atoms with Gasteiger partial charge < -0.3 is 9.64 Å². The average molecular weight is 362 g/mol. The summed E-state index contributed by atoms with van der Waals surface area (Å²) in [6.07, 6.45) is 1.09. The van der Waals surface area contributed by atoms with E-state index in [4.69, 9.17) is 4.74 Å². The second-order valence-electron chi connectivity index (χ2n) is 5.44. The van der Waals surface area contributed by atoms with Crippen LogP contribution in [-0.2, 0) is 14.8 Å². The van der Waals surface area contributed by atoms with Gasteiger partial charge in [-0.2, -0.15) is 0 Å². The number of sulfonamides is 1. The summed E-state index contributed by atoms with van der Waals surface area (Å²) in [5, 5.41) is 0. The molecular formula is C18H22N2O4S. The molecule has 0 spiro atoms. The Morgan fingerprint density at radius 2 is 1.60 bits per heavy atom. The number of nitrogens with zero attached hydrogens (tertiary/aromatic N) is 2. The van der Waals surface area contributed by atoms with Crippen LogP contribution in [0.25, 0.3) is 0 Å². The number of hydrogen-bond acceptors (Lipinski definition) is 4. The second kappa shape index (κ2) is 8.02. The van der Waals surface area contributed by atoms with E-state index >= 15 is 0 Å². The Bertz CT molecular complexity index is 805. The number of methoxy groups -OCH3 is 1. The molecule has 1 amide bonds. The molecule has 0 bridgehead atoms. The summed E-state index contributed by atoms with van der Waals surface area (Å²) in [5.41, 5.74) is 1.15. The van der Waals surface area contributed by atoms with Crippen LogP contribution in [-0.4, -0.2) is 40.8 Å². The van der Waals surface area contributed by atoms with Crippen molar-refractivity contribution in [3.63, 3.8) is 0 Å². The van der Waals surface area contributed by atoms with Crippen LogP contribution in [0, 0.1) is 0 Å². The largest absolute Gasteiger partial charge is 0.497 e. The van der Waals surface area contributed by atoms with Crippen LogP contribution >= 0.6 is 0 Å². The molecule has 0 N–H and O–H groups in total. The van der Waals surface area contributed by atoms with Crippen LogP contribution in [0.15, 0.2) is 54.6 Å². The van der Waals surface area contributed by atoms with Crippen LogP contribution in [0.3, 0.4) is 0 Å². The lowest BCUT2D eigenvalue weighted by Gasteiger charge is -2.27. The van der Waals surface area contributed by atoms with E-state index in [2.05, 4.69) is 0 Å². The van der Waals surface area contributed by atoms with Gasteiger partial charge in [0.25, 0.3) is 0 Å². The zero-order chi connectivity index (χ0) is 18.4. The van der Waals surface area contributed by atoms with Crippen molar-refractivity contribution in [2.75, 3.05) is 35.7 Å². The van der Waals surface area contributed by atoms with Crippen molar-refractivity contribution in [1.82, 2.24) is 0 Å². The summed E-state index contributed by atoms with van der Waals surface area (Å²) < 4.78 is 30.6. The third-order valence-electron chi connectivity index (χ3n) is 3.72. The van der Waals surface area contributed by atoms with Crippen molar-refractivity contribution in [2.24, 2.45) is 0 Å². The molecule has 0 aliphatic rings. The number of ether oxygens (including phenoxy) is 1. The first-order valence-corrected chi connectivity index (χ1v) is 9.68. The molecule has 0 unspecified atom stereocenters. The number of likely N-dealkylation sites (N-methyl/N-ethyl adjacent to an activating group) is 1. The van der Waals surface area contributed by atoms with E-state index < -0.39 is 10.0 Å². The van der Waals surface area contributed by atoms with Crippen molar-refractivity contribution in [2.45, 2.75) is 6.92 Å². The number of benzene rings is 2. The molecule has 0 saturated carbocycles. The molecule has 0 radical (unpaired) electrons.